The van der Waals surface area contributed by atoms with Crippen LogP contribution in [0.25, 0.3) is 0 Å². The Bertz CT molecular complexity index is 305. The van der Waals surface area contributed by atoms with Crippen LogP contribution < -0.4 is 5.32 Å². The molecule has 0 aromatic carbocycles. The number of hydrogen-bond acceptors (Lipinski definition) is 2. The molecule has 78 valence electrons. The Kier molecular flexibility index (Phi) is 2.93. The predicted octanol–water partition coefficient (Wildman–Crippen LogP) is 3.30. The van der Waals surface area contributed by atoms with Gasteiger partial charge in [-0.05, 0) is 36.3 Å². The fourth-order valence-corrected chi connectivity index (χ4v) is 3.59. The van der Waals surface area contributed by atoms with Crippen LogP contribution in [0.4, 0.5) is 0 Å². The molecule has 14 heavy (non-hydrogen) atoms. The van der Waals surface area contributed by atoms with Crippen LogP contribution in [0.1, 0.15) is 43.6 Å². The molecule has 0 saturated heterocycles. The summed E-state index contributed by atoms with van der Waals surface area (Å²) < 4.78 is 0. The molecule has 2 heterocycles. The van der Waals surface area contributed by atoms with Crippen LogP contribution in [0.5, 0.6) is 0 Å². The average Bonchev–Trinajstić information content (AvgIpc) is 2.67. The van der Waals surface area contributed by atoms with E-state index in [2.05, 4.69) is 30.6 Å². The second-order valence-corrected chi connectivity index (χ2v) is 5.12. The fraction of sp³-hybridized carbons (Fsp3) is 0.667. The zero-order valence-corrected chi connectivity index (χ0v) is 9.91. The Morgan fingerprint density at radius 3 is 3.07 bits per heavy atom. The van der Waals surface area contributed by atoms with E-state index in [-0.39, 0.29) is 0 Å². The first-order chi connectivity index (χ1) is 6.82. The molecule has 0 aliphatic carbocycles. The van der Waals surface area contributed by atoms with Crippen LogP contribution in [-0.2, 0) is 12.0 Å². The maximum absolute atomic E-state index is 3.73. The van der Waals surface area contributed by atoms with Crippen molar-refractivity contribution in [3.63, 3.8) is 0 Å². The smallest absolute Gasteiger partial charge is 0.0443 e. The maximum Gasteiger partial charge on any atom is 0.0443 e. The van der Waals surface area contributed by atoms with Crippen LogP contribution in [0.3, 0.4) is 0 Å². The molecular formula is C12H19NS. The van der Waals surface area contributed by atoms with Gasteiger partial charge in [0.1, 0.15) is 0 Å². The Morgan fingerprint density at radius 1 is 1.50 bits per heavy atom. The summed E-state index contributed by atoms with van der Waals surface area (Å²) >= 11 is 1.93. The van der Waals surface area contributed by atoms with Crippen LogP contribution in [0.15, 0.2) is 11.4 Å². The molecule has 0 spiro atoms. The Morgan fingerprint density at radius 2 is 2.36 bits per heavy atom. The van der Waals surface area contributed by atoms with E-state index in [9.17, 15) is 0 Å². The van der Waals surface area contributed by atoms with Gasteiger partial charge in [0, 0.05) is 17.0 Å². The van der Waals surface area contributed by atoms with Crippen molar-refractivity contribution in [1.82, 2.24) is 5.32 Å². The quantitative estimate of drug-likeness (QED) is 0.805. The van der Waals surface area contributed by atoms with E-state index in [0.29, 0.717) is 5.54 Å². The third-order valence-corrected chi connectivity index (χ3v) is 4.34. The van der Waals surface area contributed by atoms with E-state index in [1.165, 1.54) is 25.7 Å². The van der Waals surface area contributed by atoms with Crippen LogP contribution in [-0.4, -0.2) is 6.54 Å². The van der Waals surface area contributed by atoms with Crippen molar-refractivity contribution in [3.05, 3.63) is 21.9 Å². The van der Waals surface area contributed by atoms with Gasteiger partial charge in [0.25, 0.3) is 0 Å². The van der Waals surface area contributed by atoms with Crippen molar-refractivity contribution in [2.45, 2.75) is 45.1 Å². The summed E-state index contributed by atoms with van der Waals surface area (Å²) in [5.74, 6) is 0. The standard InChI is InChI=1S/C12H19NS/c1-3-7-12(4-2)10-6-9-14-11(10)5-8-13-12/h6,9,13H,3-5,7-8H2,1-2H3. The lowest BCUT2D eigenvalue weighted by molar-refractivity contribution is 0.281. The Hall–Kier alpha value is -0.340. The third-order valence-electron chi connectivity index (χ3n) is 3.36. The Balaban J connectivity index is 2.36. The number of hydrogen-bond donors (Lipinski definition) is 1. The van der Waals surface area contributed by atoms with Crippen molar-refractivity contribution in [3.8, 4) is 0 Å². The van der Waals surface area contributed by atoms with E-state index in [1.807, 2.05) is 11.3 Å². The first kappa shape index (κ1) is 10.2. The maximum atomic E-state index is 3.73. The first-order valence-electron chi connectivity index (χ1n) is 5.64. The zero-order chi connectivity index (χ0) is 10.0. The lowest BCUT2D eigenvalue weighted by atomic mass is 9.81. The highest BCUT2D eigenvalue weighted by Crippen LogP contribution is 2.37. The molecule has 0 radical (unpaired) electrons. The van der Waals surface area contributed by atoms with Gasteiger partial charge < -0.3 is 5.32 Å². The molecule has 0 saturated carbocycles. The van der Waals surface area contributed by atoms with Crippen molar-refractivity contribution < 1.29 is 0 Å². The summed E-state index contributed by atoms with van der Waals surface area (Å²) in [6, 6.07) is 2.32. The molecule has 0 amide bonds. The van der Waals surface area contributed by atoms with Gasteiger partial charge in [0.2, 0.25) is 0 Å². The number of nitrogens with one attached hydrogen (secondary N) is 1. The van der Waals surface area contributed by atoms with Crippen LogP contribution in [0.2, 0.25) is 0 Å². The summed E-state index contributed by atoms with van der Waals surface area (Å²) in [7, 11) is 0. The van der Waals surface area contributed by atoms with Crippen molar-refractivity contribution in [2.24, 2.45) is 0 Å². The second kappa shape index (κ2) is 4.03. The largest absolute Gasteiger partial charge is 0.307 e. The normalized spacial score (nSPS) is 26.1. The van der Waals surface area contributed by atoms with Gasteiger partial charge in [-0.1, -0.05) is 20.3 Å². The molecule has 0 bridgehead atoms. The highest BCUT2D eigenvalue weighted by atomic mass is 32.1. The highest BCUT2D eigenvalue weighted by Gasteiger charge is 2.34. The fourth-order valence-electron chi connectivity index (χ4n) is 2.61. The molecule has 1 unspecified atom stereocenters. The average molecular weight is 209 g/mol. The van der Waals surface area contributed by atoms with Crippen LogP contribution in [0, 0.1) is 0 Å². The number of thiophene rings is 1. The first-order valence-corrected chi connectivity index (χ1v) is 6.52. The van der Waals surface area contributed by atoms with E-state index >= 15 is 0 Å². The van der Waals surface area contributed by atoms with Gasteiger partial charge in [-0.25, -0.2) is 0 Å². The van der Waals surface area contributed by atoms with Crippen molar-refractivity contribution in [1.29, 1.82) is 0 Å². The summed E-state index contributed by atoms with van der Waals surface area (Å²) in [6.07, 6.45) is 4.96. The molecule has 1 aliphatic rings. The topological polar surface area (TPSA) is 12.0 Å². The summed E-state index contributed by atoms with van der Waals surface area (Å²) in [5, 5.41) is 5.98. The molecule has 1 N–H and O–H groups in total. The van der Waals surface area contributed by atoms with Gasteiger partial charge in [0.05, 0.1) is 0 Å². The van der Waals surface area contributed by atoms with Gasteiger partial charge in [0.15, 0.2) is 0 Å². The van der Waals surface area contributed by atoms with Crippen LogP contribution >= 0.6 is 11.3 Å². The lowest BCUT2D eigenvalue weighted by Gasteiger charge is -2.38. The monoisotopic (exact) mass is 209 g/mol. The third kappa shape index (κ3) is 1.51. The summed E-state index contributed by atoms with van der Waals surface area (Å²) in [4.78, 5) is 1.61. The minimum Gasteiger partial charge on any atom is -0.307 e. The van der Waals surface area contributed by atoms with E-state index in [0.717, 1.165) is 6.54 Å². The van der Waals surface area contributed by atoms with Gasteiger partial charge in [-0.2, -0.15) is 0 Å². The zero-order valence-electron chi connectivity index (χ0n) is 9.10. The molecule has 1 aliphatic heterocycles. The lowest BCUT2D eigenvalue weighted by Crippen LogP contribution is -2.46. The SMILES string of the molecule is CCCC1(CC)NCCc2sccc21. The van der Waals surface area contributed by atoms with Crippen molar-refractivity contribution >= 4 is 11.3 Å². The minimum absolute atomic E-state index is 0.294. The van der Waals surface area contributed by atoms with Crippen molar-refractivity contribution in [2.75, 3.05) is 6.54 Å². The minimum atomic E-state index is 0.294. The summed E-state index contributed by atoms with van der Waals surface area (Å²) in [5.41, 5.74) is 1.88. The number of rotatable bonds is 3. The molecule has 1 aromatic rings. The van der Waals surface area contributed by atoms with E-state index in [4.69, 9.17) is 0 Å². The molecule has 2 rings (SSSR count). The number of fused-ring (bicyclic) bond motifs is 1. The second-order valence-electron chi connectivity index (χ2n) is 4.12. The molecule has 0 fully saturated rings. The Labute approximate surface area is 90.5 Å². The summed E-state index contributed by atoms with van der Waals surface area (Å²) in [6.45, 7) is 5.73. The highest BCUT2D eigenvalue weighted by molar-refractivity contribution is 7.10. The van der Waals surface area contributed by atoms with Gasteiger partial charge in [-0.15, -0.1) is 11.3 Å². The molecule has 1 atom stereocenters. The molecular weight excluding hydrogens is 190 g/mol. The van der Waals surface area contributed by atoms with E-state index in [1.54, 1.807) is 10.4 Å². The predicted molar refractivity (Wildman–Crippen MR) is 62.9 cm³/mol. The molecule has 2 heteroatoms. The van der Waals surface area contributed by atoms with E-state index < -0.39 is 0 Å². The van der Waals surface area contributed by atoms with Gasteiger partial charge in [-0.3, -0.25) is 0 Å². The molecule has 1 aromatic heterocycles. The molecule has 1 nitrogen and oxygen atoms in total. The van der Waals surface area contributed by atoms with Gasteiger partial charge >= 0.3 is 0 Å².